The number of hydrogen-bond donors (Lipinski definition) is 0. The van der Waals surface area contributed by atoms with Crippen molar-refractivity contribution in [3.8, 4) is 0 Å². The van der Waals surface area contributed by atoms with Crippen molar-refractivity contribution in [2.24, 2.45) is 0 Å². The number of nitrogens with zero attached hydrogens (tertiary/aromatic N) is 1. The second-order valence-electron chi connectivity index (χ2n) is 1.95. The molecule has 1 rings (SSSR count). The predicted molar refractivity (Wildman–Crippen MR) is 44.5 cm³/mol. The maximum atomic E-state index is 12.3. The molecule has 0 unspecified atom stereocenters. The van der Waals surface area contributed by atoms with Crippen molar-refractivity contribution in [1.82, 2.24) is 4.98 Å². The smallest absolute Gasteiger partial charge is 0.161 e. The molecule has 2 nitrogen and oxygen atoms in total. The Hall–Kier alpha value is -0.770. The molecule has 1 aromatic rings. The number of Topliss-reactive ketones (excluding diaryl/α,β-unsaturated/α-hetero) is 1. The van der Waals surface area contributed by atoms with Crippen molar-refractivity contribution >= 4 is 22.8 Å². The molecule has 0 saturated carbocycles. The van der Waals surface area contributed by atoms with E-state index < -0.39 is 5.82 Å². The Morgan fingerprint density at radius 1 is 1.55 bits per heavy atom. The van der Waals surface area contributed by atoms with Gasteiger partial charge in [0.2, 0.25) is 0 Å². The molecule has 1 heterocycles. The fraction of sp³-hybridized carbons (Fsp3) is 0.143. The standard InChI is InChI=1S/C7H6FNO.BrH/c1-5(10)6-2-7(8)4-9-3-6;/h2-4H,1H3;1H. The van der Waals surface area contributed by atoms with E-state index in [1.807, 2.05) is 0 Å². The summed E-state index contributed by atoms with van der Waals surface area (Å²) in [5.41, 5.74) is 0.306. The average Bonchev–Trinajstić information content (AvgIpc) is 1.88. The highest BCUT2D eigenvalue weighted by molar-refractivity contribution is 8.93. The van der Waals surface area contributed by atoms with E-state index in [1.54, 1.807) is 0 Å². The summed E-state index contributed by atoms with van der Waals surface area (Å²) in [5, 5.41) is 0. The van der Waals surface area contributed by atoms with Gasteiger partial charge in [0, 0.05) is 11.8 Å². The van der Waals surface area contributed by atoms with Crippen LogP contribution in [0.5, 0.6) is 0 Å². The third kappa shape index (κ3) is 2.76. The Bertz CT molecular complexity index is 264. The molecule has 0 aliphatic rings. The first-order chi connectivity index (χ1) is 4.70. The summed E-state index contributed by atoms with van der Waals surface area (Å²) < 4.78 is 12.3. The van der Waals surface area contributed by atoms with E-state index in [0.29, 0.717) is 5.56 Å². The zero-order valence-corrected chi connectivity index (χ0v) is 7.59. The molecule has 0 saturated heterocycles. The molecule has 11 heavy (non-hydrogen) atoms. The normalized spacial score (nSPS) is 8.55. The molecule has 4 heteroatoms. The molecule has 0 N–H and O–H groups in total. The van der Waals surface area contributed by atoms with E-state index in [2.05, 4.69) is 4.98 Å². The van der Waals surface area contributed by atoms with E-state index in [0.717, 1.165) is 12.3 Å². The second kappa shape index (κ2) is 4.18. The van der Waals surface area contributed by atoms with Gasteiger partial charge >= 0.3 is 0 Å². The summed E-state index contributed by atoms with van der Waals surface area (Å²) in [6, 6.07) is 1.16. The Balaban J connectivity index is 0.000001000. The van der Waals surface area contributed by atoms with Gasteiger partial charge < -0.3 is 0 Å². The number of carbonyl (C=O) groups is 1. The number of pyridine rings is 1. The van der Waals surface area contributed by atoms with Crippen LogP contribution in [0.4, 0.5) is 4.39 Å². The van der Waals surface area contributed by atoms with Gasteiger partial charge in [0.15, 0.2) is 5.78 Å². The van der Waals surface area contributed by atoms with Gasteiger partial charge in [-0.2, -0.15) is 0 Å². The molecule has 0 amide bonds. The molecular formula is C7H7BrFNO. The molecule has 60 valence electrons. The molecular weight excluding hydrogens is 213 g/mol. The zero-order chi connectivity index (χ0) is 7.56. The van der Waals surface area contributed by atoms with Crippen LogP contribution in [0, 0.1) is 5.82 Å². The fourth-order valence-electron chi connectivity index (χ4n) is 0.604. The van der Waals surface area contributed by atoms with Gasteiger partial charge in [-0.1, -0.05) is 0 Å². The maximum absolute atomic E-state index is 12.3. The Labute approximate surface area is 74.2 Å². The van der Waals surface area contributed by atoms with Gasteiger partial charge in [0.05, 0.1) is 6.20 Å². The Morgan fingerprint density at radius 2 is 2.18 bits per heavy atom. The average molecular weight is 220 g/mol. The van der Waals surface area contributed by atoms with Gasteiger partial charge in [0.1, 0.15) is 5.82 Å². The molecule has 0 atom stereocenters. The van der Waals surface area contributed by atoms with E-state index in [-0.39, 0.29) is 22.8 Å². The first kappa shape index (κ1) is 10.2. The topological polar surface area (TPSA) is 30.0 Å². The fourth-order valence-corrected chi connectivity index (χ4v) is 0.604. The van der Waals surface area contributed by atoms with Crippen LogP contribution in [0.1, 0.15) is 17.3 Å². The SMILES string of the molecule is Br.CC(=O)c1cncc(F)c1. The van der Waals surface area contributed by atoms with Crippen LogP contribution < -0.4 is 0 Å². The summed E-state index contributed by atoms with van der Waals surface area (Å²) >= 11 is 0. The molecule has 1 aromatic heterocycles. The number of rotatable bonds is 1. The van der Waals surface area contributed by atoms with Gasteiger partial charge in [-0.05, 0) is 13.0 Å². The van der Waals surface area contributed by atoms with E-state index >= 15 is 0 Å². The van der Waals surface area contributed by atoms with Gasteiger partial charge in [0.25, 0.3) is 0 Å². The predicted octanol–water partition coefficient (Wildman–Crippen LogP) is 2.00. The summed E-state index contributed by atoms with van der Waals surface area (Å²) in [7, 11) is 0. The number of halogens is 2. The minimum Gasteiger partial charge on any atom is -0.294 e. The van der Waals surface area contributed by atoms with Crippen LogP contribution in [0.2, 0.25) is 0 Å². The summed E-state index contributed by atoms with van der Waals surface area (Å²) in [5.74, 6) is -0.653. The lowest BCUT2D eigenvalue weighted by atomic mass is 10.2. The number of aromatic nitrogens is 1. The third-order valence-corrected chi connectivity index (χ3v) is 1.11. The van der Waals surface area contributed by atoms with Gasteiger partial charge in [-0.25, -0.2) is 4.39 Å². The van der Waals surface area contributed by atoms with Crippen LogP contribution in [-0.2, 0) is 0 Å². The van der Waals surface area contributed by atoms with Crippen LogP contribution in [-0.4, -0.2) is 10.8 Å². The molecule has 0 bridgehead atoms. The highest BCUT2D eigenvalue weighted by Crippen LogP contribution is 2.00. The number of hydrogen-bond acceptors (Lipinski definition) is 2. The Kier molecular flexibility index (Phi) is 3.89. The second-order valence-corrected chi connectivity index (χ2v) is 1.95. The quantitative estimate of drug-likeness (QED) is 0.677. The van der Waals surface area contributed by atoms with Crippen molar-refractivity contribution in [2.75, 3.05) is 0 Å². The minimum absolute atomic E-state index is 0. The summed E-state index contributed by atoms with van der Waals surface area (Å²) in [6.07, 6.45) is 2.40. The van der Waals surface area contributed by atoms with Crippen LogP contribution in [0.3, 0.4) is 0 Å². The van der Waals surface area contributed by atoms with E-state index in [1.165, 1.54) is 13.1 Å². The van der Waals surface area contributed by atoms with Crippen LogP contribution >= 0.6 is 17.0 Å². The molecule has 0 aliphatic heterocycles. The molecule has 0 aliphatic carbocycles. The zero-order valence-electron chi connectivity index (χ0n) is 5.87. The molecule has 0 aromatic carbocycles. The molecule has 0 spiro atoms. The number of ketones is 1. The van der Waals surface area contributed by atoms with E-state index in [4.69, 9.17) is 0 Å². The third-order valence-electron chi connectivity index (χ3n) is 1.11. The monoisotopic (exact) mass is 219 g/mol. The van der Waals surface area contributed by atoms with Crippen LogP contribution in [0.15, 0.2) is 18.5 Å². The summed E-state index contributed by atoms with van der Waals surface area (Å²) in [4.78, 5) is 14.1. The number of carbonyl (C=O) groups excluding carboxylic acids is 1. The lowest BCUT2D eigenvalue weighted by Crippen LogP contribution is -1.93. The van der Waals surface area contributed by atoms with E-state index in [9.17, 15) is 9.18 Å². The Morgan fingerprint density at radius 3 is 2.55 bits per heavy atom. The van der Waals surface area contributed by atoms with Crippen LogP contribution in [0.25, 0.3) is 0 Å². The molecule has 0 fully saturated rings. The minimum atomic E-state index is -0.479. The highest BCUT2D eigenvalue weighted by atomic mass is 79.9. The maximum Gasteiger partial charge on any atom is 0.161 e. The molecule has 0 radical (unpaired) electrons. The van der Waals surface area contributed by atoms with Gasteiger partial charge in [-0.15, -0.1) is 17.0 Å². The van der Waals surface area contributed by atoms with Crippen molar-refractivity contribution in [3.63, 3.8) is 0 Å². The van der Waals surface area contributed by atoms with Crippen molar-refractivity contribution in [2.45, 2.75) is 6.92 Å². The van der Waals surface area contributed by atoms with Crippen molar-refractivity contribution in [1.29, 1.82) is 0 Å². The van der Waals surface area contributed by atoms with Crippen molar-refractivity contribution < 1.29 is 9.18 Å². The lowest BCUT2D eigenvalue weighted by molar-refractivity contribution is 0.101. The largest absolute Gasteiger partial charge is 0.294 e. The van der Waals surface area contributed by atoms with Crippen molar-refractivity contribution in [3.05, 3.63) is 29.8 Å². The highest BCUT2D eigenvalue weighted by Gasteiger charge is 1.99. The summed E-state index contributed by atoms with van der Waals surface area (Å²) in [6.45, 7) is 1.37. The van der Waals surface area contributed by atoms with Gasteiger partial charge in [-0.3, -0.25) is 9.78 Å². The first-order valence-electron chi connectivity index (χ1n) is 2.81. The lowest BCUT2D eigenvalue weighted by Gasteiger charge is -1.91. The first-order valence-corrected chi connectivity index (χ1v) is 2.81.